The van der Waals surface area contributed by atoms with Gasteiger partial charge in [0.05, 0.1) is 18.8 Å². The highest BCUT2D eigenvalue weighted by Crippen LogP contribution is 2.40. The summed E-state index contributed by atoms with van der Waals surface area (Å²) >= 11 is 0. The first-order chi connectivity index (χ1) is 11.2. The predicted octanol–water partition coefficient (Wildman–Crippen LogP) is 2.79. The molecule has 0 atom stereocenters. The molecule has 0 spiro atoms. The molecule has 118 valence electrons. The molecule has 4 heteroatoms. The van der Waals surface area contributed by atoms with Gasteiger partial charge in [0.2, 0.25) is 0 Å². The molecule has 4 rings (SSSR count). The molecule has 0 unspecified atom stereocenters. The third-order valence-corrected chi connectivity index (χ3v) is 4.45. The van der Waals surface area contributed by atoms with Gasteiger partial charge < -0.3 is 14.8 Å². The first-order valence-electron chi connectivity index (χ1n) is 8.00. The van der Waals surface area contributed by atoms with E-state index in [1.54, 1.807) is 0 Å². The van der Waals surface area contributed by atoms with E-state index in [0.717, 1.165) is 41.0 Å². The van der Waals surface area contributed by atoms with Crippen molar-refractivity contribution in [2.24, 2.45) is 0 Å². The normalized spacial score (nSPS) is 14.7. The highest BCUT2D eigenvalue weighted by Gasteiger charge is 2.30. The molecule has 0 saturated heterocycles. The number of benzene rings is 2. The van der Waals surface area contributed by atoms with Crippen LogP contribution in [0, 0.1) is 6.92 Å². The second-order valence-corrected chi connectivity index (χ2v) is 6.08. The van der Waals surface area contributed by atoms with E-state index < -0.39 is 0 Å². The second-order valence-electron chi connectivity index (χ2n) is 6.08. The van der Waals surface area contributed by atoms with Crippen LogP contribution in [0.2, 0.25) is 0 Å². The fourth-order valence-electron chi connectivity index (χ4n) is 3.20. The summed E-state index contributed by atoms with van der Waals surface area (Å²) in [6.45, 7) is 3.83. The monoisotopic (exact) mass is 309 g/mol. The van der Waals surface area contributed by atoms with Gasteiger partial charge in [-0.2, -0.15) is 0 Å². The Hall–Kier alpha value is -2.49. The van der Waals surface area contributed by atoms with Gasteiger partial charge in [0, 0.05) is 30.5 Å². The van der Waals surface area contributed by atoms with Crippen LogP contribution in [0.3, 0.4) is 0 Å². The predicted molar refractivity (Wildman–Crippen MR) is 87.2 cm³/mol. The minimum atomic E-state index is -0.0777. The van der Waals surface area contributed by atoms with Gasteiger partial charge in [-0.15, -0.1) is 0 Å². The van der Waals surface area contributed by atoms with E-state index in [0.29, 0.717) is 25.3 Å². The van der Waals surface area contributed by atoms with Gasteiger partial charge in [0.1, 0.15) is 11.5 Å². The summed E-state index contributed by atoms with van der Waals surface area (Å²) in [7, 11) is 0. The summed E-state index contributed by atoms with van der Waals surface area (Å²) in [5.41, 5.74) is 5.02. The van der Waals surface area contributed by atoms with Crippen LogP contribution in [0.1, 0.15) is 32.6 Å². The van der Waals surface area contributed by atoms with Crippen LogP contribution in [-0.4, -0.2) is 19.1 Å². The largest absolute Gasteiger partial charge is 0.493 e. The standard InChI is InChI=1S/C19H19NO3/c1-12-2-4-13(5-3-12)11-20-19(21)17-15-7-9-22-16(15)10-14-6-8-23-18(14)17/h2-5,10H,6-9,11H2,1H3,(H,20,21). The number of nitrogens with one attached hydrogen (secondary N) is 1. The van der Waals surface area contributed by atoms with E-state index in [2.05, 4.69) is 24.4 Å². The van der Waals surface area contributed by atoms with Gasteiger partial charge in [-0.25, -0.2) is 0 Å². The maximum Gasteiger partial charge on any atom is 0.255 e. The fourth-order valence-corrected chi connectivity index (χ4v) is 3.20. The molecule has 0 fully saturated rings. The number of amides is 1. The van der Waals surface area contributed by atoms with Gasteiger partial charge in [-0.3, -0.25) is 4.79 Å². The lowest BCUT2D eigenvalue weighted by Crippen LogP contribution is -2.24. The molecular formula is C19H19NO3. The summed E-state index contributed by atoms with van der Waals surface area (Å²) in [5, 5.41) is 3.02. The Morgan fingerprint density at radius 3 is 2.74 bits per heavy atom. The molecule has 0 saturated carbocycles. The number of carbonyl (C=O) groups is 1. The molecule has 23 heavy (non-hydrogen) atoms. The van der Waals surface area contributed by atoms with Crippen molar-refractivity contribution in [2.75, 3.05) is 13.2 Å². The van der Waals surface area contributed by atoms with E-state index in [1.165, 1.54) is 5.56 Å². The van der Waals surface area contributed by atoms with Gasteiger partial charge in [0.15, 0.2) is 0 Å². The molecule has 1 N–H and O–H groups in total. The third-order valence-electron chi connectivity index (χ3n) is 4.45. The number of hydrogen-bond acceptors (Lipinski definition) is 3. The topological polar surface area (TPSA) is 47.6 Å². The zero-order valence-electron chi connectivity index (χ0n) is 13.1. The van der Waals surface area contributed by atoms with Crippen LogP contribution in [0.4, 0.5) is 0 Å². The van der Waals surface area contributed by atoms with Crippen molar-refractivity contribution in [2.45, 2.75) is 26.3 Å². The molecule has 0 aromatic heterocycles. The minimum absolute atomic E-state index is 0.0777. The number of hydrogen-bond donors (Lipinski definition) is 1. The van der Waals surface area contributed by atoms with Crippen molar-refractivity contribution in [3.05, 3.63) is 58.1 Å². The summed E-state index contributed by atoms with van der Waals surface area (Å²) in [5.74, 6) is 1.51. The van der Waals surface area contributed by atoms with Crippen LogP contribution in [0.15, 0.2) is 30.3 Å². The first kappa shape index (κ1) is 14.1. The van der Waals surface area contributed by atoms with Gasteiger partial charge in [-0.1, -0.05) is 29.8 Å². The van der Waals surface area contributed by atoms with Crippen molar-refractivity contribution in [1.29, 1.82) is 0 Å². The van der Waals surface area contributed by atoms with E-state index in [4.69, 9.17) is 9.47 Å². The van der Waals surface area contributed by atoms with E-state index in [-0.39, 0.29) is 5.91 Å². The minimum Gasteiger partial charge on any atom is -0.493 e. The van der Waals surface area contributed by atoms with Crippen LogP contribution < -0.4 is 14.8 Å². The van der Waals surface area contributed by atoms with Gasteiger partial charge in [0.25, 0.3) is 5.91 Å². The Kier molecular flexibility index (Phi) is 3.45. The van der Waals surface area contributed by atoms with Gasteiger partial charge >= 0.3 is 0 Å². The highest BCUT2D eigenvalue weighted by atomic mass is 16.5. The Morgan fingerprint density at radius 1 is 1.13 bits per heavy atom. The highest BCUT2D eigenvalue weighted by molar-refractivity contribution is 6.00. The molecule has 2 aromatic rings. The lowest BCUT2D eigenvalue weighted by atomic mass is 9.99. The van der Waals surface area contributed by atoms with Crippen LogP contribution >= 0.6 is 0 Å². The molecule has 0 aliphatic carbocycles. The summed E-state index contributed by atoms with van der Waals surface area (Å²) in [6.07, 6.45) is 1.60. The SMILES string of the molecule is Cc1ccc(CNC(=O)c2c3c(cc4c2OCC4)OCC3)cc1. The van der Waals surface area contributed by atoms with Crippen LogP contribution in [0.5, 0.6) is 11.5 Å². The Morgan fingerprint density at radius 2 is 1.91 bits per heavy atom. The summed E-state index contributed by atoms with van der Waals surface area (Å²) < 4.78 is 11.4. The maximum atomic E-state index is 12.8. The molecule has 0 bridgehead atoms. The van der Waals surface area contributed by atoms with Gasteiger partial charge in [-0.05, 0) is 18.6 Å². The molecule has 2 aromatic carbocycles. The third kappa shape index (κ3) is 2.54. The number of carbonyl (C=O) groups excluding carboxylic acids is 1. The second kappa shape index (κ2) is 5.61. The quantitative estimate of drug-likeness (QED) is 0.948. The van der Waals surface area contributed by atoms with E-state index in [9.17, 15) is 4.79 Å². The van der Waals surface area contributed by atoms with Crippen molar-refractivity contribution >= 4 is 5.91 Å². The summed E-state index contributed by atoms with van der Waals surface area (Å²) in [6, 6.07) is 10.2. The lowest BCUT2D eigenvalue weighted by Gasteiger charge is -2.13. The van der Waals surface area contributed by atoms with Crippen LogP contribution in [0.25, 0.3) is 0 Å². The lowest BCUT2D eigenvalue weighted by molar-refractivity contribution is 0.0947. The number of fused-ring (bicyclic) bond motifs is 2. The molecule has 0 radical (unpaired) electrons. The fraction of sp³-hybridized carbons (Fsp3) is 0.316. The van der Waals surface area contributed by atoms with Crippen molar-refractivity contribution < 1.29 is 14.3 Å². The number of ether oxygens (including phenoxy) is 2. The average Bonchev–Trinajstić information content (AvgIpc) is 3.20. The maximum absolute atomic E-state index is 12.8. The van der Waals surface area contributed by atoms with Crippen molar-refractivity contribution in [1.82, 2.24) is 5.32 Å². The zero-order valence-corrected chi connectivity index (χ0v) is 13.1. The Bertz CT molecular complexity index is 733. The smallest absolute Gasteiger partial charge is 0.255 e. The molecule has 4 nitrogen and oxygen atoms in total. The number of rotatable bonds is 3. The first-order valence-corrected chi connectivity index (χ1v) is 8.00. The van der Waals surface area contributed by atoms with E-state index in [1.807, 2.05) is 18.2 Å². The molecule has 1 amide bonds. The molecule has 2 aliphatic heterocycles. The van der Waals surface area contributed by atoms with Crippen LogP contribution in [-0.2, 0) is 19.4 Å². The van der Waals surface area contributed by atoms with Crippen molar-refractivity contribution in [3.63, 3.8) is 0 Å². The average molecular weight is 309 g/mol. The van der Waals surface area contributed by atoms with E-state index >= 15 is 0 Å². The molecule has 2 heterocycles. The number of aryl methyl sites for hydroxylation is 1. The molecular weight excluding hydrogens is 290 g/mol. The summed E-state index contributed by atoms with van der Waals surface area (Å²) in [4.78, 5) is 12.8. The van der Waals surface area contributed by atoms with Crippen molar-refractivity contribution in [3.8, 4) is 11.5 Å². The Balaban J connectivity index is 1.60. The Labute approximate surface area is 135 Å². The zero-order chi connectivity index (χ0) is 15.8. The molecule has 2 aliphatic rings.